The third-order valence-electron chi connectivity index (χ3n) is 5.46. The highest BCUT2D eigenvalue weighted by Gasteiger charge is 2.43. The molecule has 2 fully saturated rings. The first kappa shape index (κ1) is 18.5. The molecule has 3 heterocycles. The Hall–Kier alpha value is -2.86. The highest BCUT2D eigenvalue weighted by atomic mass is 16.7. The molecule has 1 saturated heterocycles. The van der Waals surface area contributed by atoms with Gasteiger partial charge < -0.3 is 19.9 Å². The summed E-state index contributed by atoms with van der Waals surface area (Å²) in [6.07, 6.45) is 6.27. The van der Waals surface area contributed by atoms with Crippen LogP contribution in [0.3, 0.4) is 0 Å². The second-order valence-corrected chi connectivity index (χ2v) is 7.37. The van der Waals surface area contributed by atoms with E-state index in [1.54, 1.807) is 4.52 Å². The molecule has 1 aliphatic carbocycles. The number of rotatable bonds is 4. The van der Waals surface area contributed by atoms with Gasteiger partial charge in [0.15, 0.2) is 11.4 Å². The van der Waals surface area contributed by atoms with Crippen molar-refractivity contribution in [3.05, 3.63) is 24.2 Å². The van der Waals surface area contributed by atoms with Gasteiger partial charge in [0.2, 0.25) is 0 Å². The molecule has 0 spiro atoms. The summed E-state index contributed by atoms with van der Waals surface area (Å²) in [6, 6.07) is 5.84. The van der Waals surface area contributed by atoms with Gasteiger partial charge in [-0.3, -0.25) is 0 Å². The number of nitrogens with zero attached hydrogens (tertiary/aromatic N) is 4. The van der Waals surface area contributed by atoms with Gasteiger partial charge >= 0.3 is 6.16 Å². The summed E-state index contributed by atoms with van der Waals surface area (Å²) in [4.78, 5) is 16.0. The standard InChI is InChI=1S/C19H23N5O4/c20-10-19(11-26-18(25)27-13-4-2-1-3-5-13)9-8-16(28-19)14-6-7-15-17(21)22-12-23-24(14)15/h6-7,12-13,16H,1-5,8-9,11H2,(H2,21,22,23). The van der Waals surface area contributed by atoms with Crippen molar-refractivity contribution in [2.24, 2.45) is 0 Å². The van der Waals surface area contributed by atoms with Crippen molar-refractivity contribution >= 4 is 17.5 Å². The molecule has 1 saturated carbocycles. The predicted octanol–water partition coefficient (Wildman–Crippen LogP) is 2.91. The number of hydrogen-bond acceptors (Lipinski definition) is 8. The van der Waals surface area contributed by atoms with Gasteiger partial charge in [0.05, 0.1) is 5.69 Å². The molecule has 2 atom stereocenters. The van der Waals surface area contributed by atoms with Gasteiger partial charge in [-0.2, -0.15) is 10.4 Å². The number of aromatic nitrogens is 3. The molecular formula is C19H23N5O4. The minimum absolute atomic E-state index is 0.0891. The van der Waals surface area contributed by atoms with E-state index in [9.17, 15) is 10.1 Å². The highest BCUT2D eigenvalue weighted by Crippen LogP contribution is 2.40. The van der Waals surface area contributed by atoms with Crippen molar-refractivity contribution in [1.29, 1.82) is 5.26 Å². The zero-order valence-electron chi connectivity index (χ0n) is 15.5. The normalized spacial score (nSPS) is 25.5. The summed E-state index contributed by atoms with van der Waals surface area (Å²) in [5, 5.41) is 13.9. The van der Waals surface area contributed by atoms with E-state index in [-0.39, 0.29) is 18.8 Å². The predicted molar refractivity (Wildman–Crippen MR) is 98.1 cm³/mol. The summed E-state index contributed by atoms with van der Waals surface area (Å²) in [5.74, 6) is 0.375. The van der Waals surface area contributed by atoms with Gasteiger partial charge in [0, 0.05) is 0 Å². The SMILES string of the molecule is N#CC1(COC(=O)OC2CCCCC2)CCC(c2ccc3c(N)ncnn23)O1. The fraction of sp³-hybridized carbons (Fsp3) is 0.579. The maximum atomic E-state index is 12.0. The van der Waals surface area contributed by atoms with E-state index in [1.807, 2.05) is 12.1 Å². The minimum atomic E-state index is -1.20. The molecule has 2 aromatic heterocycles. The van der Waals surface area contributed by atoms with Crippen LogP contribution in [0.15, 0.2) is 18.5 Å². The Morgan fingerprint density at radius 2 is 2.18 bits per heavy atom. The van der Waals surface area contributed by atoms with Crippen molar-refractivity contribution in [2.75, 3.05) is 12.3 Å². The molecule has 2 aromatic rings. The Bertz CT molecular complexity index is 901. The van der Waals surface area contributed by atoms with Gasteiger partial charge in [-0.1, -0.05) is 6.42 Å². The highest BCUT2D eigenvalue weighted by molar-refractivity contribution is 5.65. The largest absolute Gasteiger partial charge is 0.508 e. The van der Waals surface area contributed by atoms with Gasteiger partial charge in [-0.05, 0) is 50.7 Å². The Labute approximate surface area is 162 Å². The number of hydrogen-bond donors (Lipinski definition) is 1. The number of ether oxygens (including phenoxy) is 3. The lowest BCUT2D eigenvalue weighted by Crippen LogP contribution is -2.34. The maximum absolute atomic E-state index is 12.0. The monoisotopic (exact) mass is 385 g/mol. The van der Waals surface area contributed by atoms with E-state index >= 15 is 0 Å². The maximum Gasteiger partial charge on any atom is 0.508 e. The van der Waals surface area contributed by atoms with Gasteiger partial charge in [-0.15, -0.1) is 0 Å². The molecule has 9 heteroatoms. The number of nitrogens with two attached hydrogens (primary N) is 1. The number of fused-ring (bicyclic) bond motifs is 1. The van der Waals surface area contributed by atoms with Crippen LogP contribution in [0.1, 0.15) is 56.7 Å². The van der Waals surface area contributed by atoms with E-state index in [0.717, 1.165) is 31.4 Å². The van der Waals surface area contributed by atoms with Crippen LogP contribution in [-0.2, 0) is 14.2 Å². The lowest BCUT2D eigenvalue weighted by molar-refractivity contribution is -0.0625. The molecule has 0 bridgehead atoms. The van der Waals surface area contributed by atoms with E-state index in [2.05, 4.69) is 16.2 Å². The van der Waals surface area contributed by atoms with Crippen LogP contribution in [0.25, 0.3) is 5.52 Å². The lowest BCUT2D eigenvalue weighted by atomic mass is 9.98. The lowest BCUT2D eigenvalue weighted by Gasteiger charge is -2.24. The van der Waals surface area contributed by atoms with Crippen LogP contribution in [0.5, 0.6) is 0 Å². The number of anilines is 1. The summed E-state index contributed by atoms with van der Waals surface area (Å²) < 4.78 is 18.3. The molecule has 1 aliphatic heterocycles. The van der Waals surface area contributed by atoms with E-state index < -0.39 is 11.8 Å². The second-order valence-electron chi connectivity index (χ2n) is 7.37. The van der Waals surface area contributed by atoms with Crippen molar-refractivity contribution in [3.8, 4) is 6.07 Å². The van der Waals surface area contributed by atoms with Crippen LogP contribution < -0.4 is 5.73 Å². The third-order valence-corrected chi connectivity index (χ3v) is 5.46. The molecule has 0 radical (unpaired) electrons. The fourth-order valence-electron chi connectivity index (χ4n) is 3.93. The van der Waals surface area contributed by atoms with Crippen molar-refractivity contribution in [2.45, 2.75) is 62.8 Å². The molecule has 2 unspecified atom stereocenters. The Morgan fingerprint density at radius 1 is 1.36 bits per heavy atom. The van der Waals surface area contributed by atoms with Crippen LogP contribution in [0.2, 0.25) is 0 Å². The first-order valence-electron chi connectivity index (χ1n) is 9.61. The van der Waals surface area contributed by atoms with Crippen molar-refractivity contribution in [1.82, 2.24) is 14.6 Å². The Morgan fingerprint density at radius 3 is 2.96 bits per heavy atom. The number of nitrogen functional groups attached to an aromatic ring is 1. The Kier molecular flexibility index (Phi) is 5.05. The smallest absolute Gasteiger partial charge is 0.431 e. The quantitative estimate of drug-likeness (QED) is 0.797. The van der Waals surface area contributed by atoms with E-state index in [0.29, 0.717) is 24.2 Å². The summed E-state index contributed by atoms with van der Waals surface area (Å²) in [5.41, 5.74) is 6.14. The molecule has 148 valence electrons. The summed E-state index contributed by atoms with van der Waals surface area (Å²) in [6.45, 7) is -0.161. The number of nitriles is 1. The van der Waals surface area contributed by atoms with Crippen LogP contribution in [0, 0.1) is 11.3 Å². The average molecular weight is 385 g/mol. The van der Waals surface area contributed by atoms with Gasteiger partial charge in [-0.25, -0.2) is 14.3 Å². The molecule has 0 aromatic carbocycles. The third kappa shape index (κ3) is 3.60. The Balaban J connectivity index is 1.39. The van der Waals surface area contributed by atoms with E-state index in [4.69, 9.17) is 19.9 Å². The fourth-order valence-corrected chi connectivity index (χ4v) is 3.93. The number of carbonyl (C=O) groups excluding carboxylic acids is 1. The van der Waals surface area contributed by atoms with Gasteiger partial charge in [0.1, 0.15) is 36.7 Å². The van der Waals surface area contributed by atoms with Crippen molar-refractivity contribution < 1.29 is 19.0 Å². The van der Waals surface area contributed by atoms with Crippen LogP contribution in [-0.4, -0.2) is 39.1 Å². The minimum Gasteiger partial charge on any atom is -0.431 e. The zero-order valence-corrected chi connectivity index (χ0v) is 15.5. The summed E-state index contributed by atoms with van der Waals surface area (Å²) >= 11 is 0. The molecule has 4 rings (SSSR count). The number of carbonyl (C=O) groups is 1. The topological polar surface area (TPSA) is 125 Å². The van der Waals surface area contributed by atoms with E-state index in [1.165, 1.54) is 12.7 Å². The molecular weight excluding hydrogens is 362 g/mol. The second kappa shape index (κ2) is 7.64. The molecule has 2 N–H and O–H groups in total. The van der Waals surface area contributed by atoms with Crippen LogP contribution >= 0.6 is 0 Å². The average Bonchev–Trinajstić information content (AvgIpc) is 3.33. The van der Waals surface area contributed by atoms with Crippen molar-refractivity contribution in [3.63, 3.8) is 0 Å². The molecule has 9 nitrogen and oxygen atoms in total. The first-order valence-corrected chi connectivity index (χ1v) is 9.61. The molecule has 0 amide bonds. The molecule has 28 heavy (non-hydrogen) atoms. The zero-order chi connectivity index (χ0) is 19.6. The molecule has 2 aliphatic rings. The first-order chi connectivity index (χ1) is 13.6. The van der Waals surface area contributed by atoms with Gasteiger partial charge in [0.25, 0.3) is 0 Å². The summed E-state index contributed by atoms with van der Waals surface area (Å²) in [7, 11) is 0. The van der Waals surface area contributed by atoms with Crippen LogP contribution in [0.4, 0.5) is 10.6 Å².